The first kappa shape index (κ1) is 13.5. The highest BCUT2D eigenvalue weighted by Crippen LogP contribution is 2.46. The van der Waals surface area contributed by atoms with Crippen molar-refractivity contribution in [1.82, 2.24) is 0 Å². The Morgan fingerprint density at radius 1 is 0.600 bits per heavy atom. The van der Waals surface area contributed by atoms with Crippen LogP contribution in [-0.4, -0.2) is 0 Å². The Labute approximate surface area is 149 Å². The molecule has 0 bridgehead atoms. The Balaban J connectivity index is 2.19. The number of rotatable bonds is 0. The van der Waals surface area contributed by atoms with Crippen molar-refractivity contribution in [1.29, 1.82) is 0 Å². The van der Waals surface area contributed by atoms with E-state index in [0.29, 0.717) is 21.5 Å². The van der Waals surface area contributed by atoms with E-state index in [9.17, 15) is 9.59 Å². The summed E-state index contributed by atoms with van der Waals surface area (Å²) in [5, 5.41) is 6.48. The van der Waals surface area contributed by atoms with Crippen LogP contribution >= 0.6 is 15.9 Å². The van der Waals surface area contributed by atoms with Gasteiger partial charge in [-0.3, -0.25) is 9.59 Å². The van der Waals surface area contributed by atoms with E-state index in [1.165, 1.54) is 0 Å². The second-order valence-electron chi connectivity index (χ2n) is 6.56. The van der Waals surface area contributed by atoms with Gasteiger partial charge in [0, 0.05) is 47.9 Å². The van der Waals surface area contributed by atoms with Gasteiger partial charge in [-0.25, -0.2) is 0 Å². The largest absolute Gasteiger partial charge is 0.289 e. The van der Waals surface area contributed by atoms with E-state index in [1.54, 1.807) is 0 Å². The zero-order valence-corrected chi connectivity index (χ0v) is 14.5. The molecular weight excluding hydrogens is 376 g/mol. The van der Waals surface area contributed by atoms with Crippen LogP contribution in [0.2, 0.25) is 0 Å². The molecule has 0 fully saturated rings. The van der Waals surface area contributed by atoms with Crippen molar-refractivity contribution in [3.63, 3.8) is 0 Å². The topological polar surface area (TPSA) is 34.1 Å². The molecule has 0 radical (unpaired) electrons. The Morgan fingerprint density at radius 3 is 2.08 bits per heavy atom. The van der Waals surface area contributed by atoms with Crippen LogP contribution < -0.4 is 10.9 Å². The van der Waals surface area contributed by atoms with Gasteiger partial charge in [0.15, 0.2) is 10.9 Å². The summed E-state index contributed by atoms with van der Waals surface area (Å²) in [5.74, 6) is 0. The van der Waals surface area contributed by atoms with Gasteiger partial charge < -0.3 is 0 Å². The summed E-state index contributed by atoms with van der Waals surface area (Å²) >= 11 is 3.59. The van der Waals surface area contributed by atoms with Crippen LogP contribution in [0.5, 0.6) is 0 Å². The molecule has 4 aromatic rings. The maximum atomic E-state index is 13.2. The van der Waals surface area contributed by atoms with Crippen LogP contribution in [0.1, 0.15) is 0 Å². The van der Waals surface area contributed by atoms with Crippen molar-refractivity contribution in [2.75, 3.05) is 0 Å². The predicted octanol–water partition coefficient (Wildman–Crippen LogP) is 5.20. The lowest BCUT2D eigenvalue weighted by Gasteiger charge is -2.21. The molecule has 2 aliphatic rings. The molecule has 3 heteroatoms. The van der Waals surface area contributed by atoms with E-state index >= 15 is 0 Å². The standard InChI is InChI=1S/C22H9BrO2/c23-16-9-15-20-18-11(16)4-2-6-13(18)21(24)14-8-7-10-3-1-5-12(22(15)25)17(10)19(14)20/h1-9H. The molecule has 0 N–H and O–H groups in total. The normalized spacial score (nSPS) is 12.5. The highest BCUT2D eigenvalue weighted by molar-refractivity contribution is 9.10. The van der Waals surface area contributed by atoms with Crippen molar-refractivity contribution in [2.24, 2.45) is 0 Å². The monoisotopic (exact) mass is 384 g/mol. The Morgan fingerprint density at radius 2 is 1.24 bits per heavy atom. The molecule has 2 nitrogen and oxygen atoms in total. The summed E-state index contributed by atoms with van der Waals surface area (Å²) in [6.07, 6.45) is 0. The highest BCUT2D eigenvalue weighted by atomic mass is 79.9. The molecule has 0 aliphatic heterocycles. The average Bonchev–Trinajstić information content (AvgIpc) is 2.64. The van der Waals surface area contributed by atoms with Gasteiger partial charge in [0.1, 0.15) is 0 Å². The van der Waals surface area contributed by atoms with Crippen LogP contribution in [0.25, 0.3) is 54.2 Å². The summed E-state index contributed by atoms with van der Waals surface area (Å²) in [7, 11) is 0. The lowest BCUT2D eigenvalue weighted by atomic mass is 9.81. The van der Waals surface area contributed by atoms with Crippen LogP contribution in [0.3, 0.4) is 0 Å². The first-order chi connectivity index (χ1) is 12.2. The van der Waals surface area contributed by atoms with Gasteiger partial charge in [-0.15, -0.1) is 0 Å². The van der Waals surface area contributed by atoms with Crippen molar-refractivity contribution >= 4 is 59.0 Å². The summed E-state index contributed by atoms with van der Waals surface area (Å²) in [6.45, 7) is 0. The Hall–Kier alpha value is -2.78. The molecule has 6 rings (SSSR count). The van der Waals surface area contributed by atoms with Crippen LogP contribution in [0.15, 0.2) is 68.7 Å². The molecule has 0 unspecified atom stereocenters. The molecule has 0 saturated heterocycles. The van der Waals surface area contributed by atoms with Gasteiger partial charge in [-0.1, -0.05) is 58.4 Å². The fourth-order valence-electron chi connectivity index (χ4n) is 4.37. The number of hydrogen-bond donors (Lipinski definition) is 0. The average molecular weight is 385 g/mol. The molecule has 0 saturated carbocycles. The predicted molar refractivity (Wildman–Crippen MR) is 107 cm³/mol. The van der Waals surface area contributed by atoms with E-state index in [1.807, 2.05) is 54.6 Å². The molecule has 0 aromatic heterocycles. The zero-order valence-electron chi connectivity index (χ0n) is 12.9. The van der Waals surface area contributed by atoms with E-state index < -0.39 is 0 Å². The van der Waals surface area contributed by atoms with Crippen LogP contribution in [0, 0.1) is 0 Å². The Bertz CT molecular complexity index is 1530. The summed E-state index contributed by atoms with van der Waals surface area (Å²) < 4.78 is 0.847. The van der Waals surface area contributed by atoms with Crippen molar-refractivity contribution in [3.05, 3.63) is 79.5 Å². The third-order valence-corrected chi connectivity index (χ3v) is 6.04. The van der Waals surface area contributed by atoms with E-state index in [2.05, 4.69) is 15.9 Å². The zero-order chi connectivity index (χ0) is 16.9. The molecule has 25 heavy (non-hydrogen) atoms. The number of halogens is 1. The number of benzene rings is 6. The molecule has 116 valence electrons. The fraction of sp³-hybridized carbons (Fsp3) is 0. The molecule has 0 spiro atoms. The third-order valence-electron chi connectivity index (χ3n) is 5.39. The fourth-order valence-corrected chi connectivity index (χ4v) is 4.93. The van der Waals surface area contributed by atoms with Crippen LogP contribution in [0.4, 0.5) is 0 Å². The summed E-state index contributed by atoms with van der Waals surface area (Å²) in [4.78, 5) is 26.4. The molecule has 4 aromatic carbocycles. The van der Waals surface area contributed by atoms with Gasteiger partial charge in [0.25, 0.3) is 0 Å². The Kier molecular flexibility index (Phi) is 2.29. The quantitative estimate of drug-likeness (QED) is 0.266. The van der Waals surface area contributed by atoms with Crippen LogP contribution in [-0.2, 0) is 0 Å². The SMILES string of the molecule is O=c1c2cc(Br)c3cccc4c(=O)c5ccc6cccc1c6c5-c2c34. The lowest BCUT2D eigenvalue weighted by molar-refractivity contribution is 1.64. The van der Waals surface area contributed by atoms with Gasteiger partial charge in [0.05, 0.1) is 0 Å². The first-order valence-corrected chi connectivity index (χ1v) is 8.87. The van der Waals surface area contributed by atoms with Crippen molar-refractivity contribution in [3.8, 4) is 11.1 Å². The molecule has 0 amide bonds. The maximum absolute atomic E-state index is 13.2. The van der Waals surface area contributed by atoms with E-state index in [4.69, 9.17) is 0 Å². The van der Waals surface area contributed by atoms with Gasteiger partial charge in [-0.05, 0) is 22.9 Å². The minimum atomic E-state index is 0.0250. The van der Waals surface area contributed by atoms with Gasteiger partial charge in [-0.2, -0.15) is 0 Å². The lowest BCUT2D eigenvalue weighted by Crippen LogP contribution is -2.13. The summed E-state index contributed by atoms with van der Waals surface area (Å²) in [5.41, 5.74) is 1.89. The first-order valence-electron chi connectivity index (χ1n) is 8.07. The molecule has 2 aliphatic carbocycles. The second kappa shape index (κ2) is 4.24. The number of hydrogen-bond acceptors (Lipinski definition) is 2. The molecular formula is C22H9BrO2. The van der Waals surface area contributed by atoms with E-state index in [0.717, 1.165) is 37.1 Å². The highest BCUT2D eigenvalue weighted by Gasteiger charge is 2.25. The minimum absolute atomic E-state index is 0.0250. The van der Waals surface area contributed by atoms with Gasteiger partial charge in [0.2, 0.25) is 0 Å². The molecule has 0 atom stereocenters. The third kappa shape index (κ3) is 1.42. The van der Waals surface area contributed by atoms with Crippen molar-refractivity contribution in [2.45, 2.75) is 0 Å². The maximum Gasteiger partial charge on any atom is 0.194 e. The smallest absolute Gasteiger partial charge is 0.194 e. The second-order valence-corrected chi connectivity index (χ2v) is 7.41. The van der Waals surface area contributed by atoms with E-state index in [-0.39, 0.29) is 10.9 Å². The minimum Gasteiger partial charge on any atom is -0.289 e. The summed E-state index contributed by atoms with van der Waals surface area (Å²) in [6, 6.07) is 17.2. The van der Waals surface area contributed by atoms with Gasteiger partial charge >= 0.3 is 0 Å². The van der Waals surface area contributed by atoms with Crippen molar-refractivity contribution < 1.29 is 0 Å². The molecule has 0 heterocycles.